The second-order valence-electron chi connectivity index (χ2n) is 4.84. The highest BCUT2D eigenvalue weighted by Gasteiger charge is 2.15. The summed E-state index contributed by atoms with van der Waals surface area (Å²) in [6.07, 6.45) is 0. The van der Waals surface area contributed by atoms with Crippen molar-refractivity contribution in [3.63, 3.8) is 0 Å². The fourth-order valence-corrected chi connectivity index (χ4v) is 3.78. The van der Waals surface area contributed by atoms with Crippen molar-refractivity contribution in [3.05, 3.63) is 16.3 Å². The molecule has 0 aliphatic rings. The molecule has 1 heterocycles. The van der Waals surface area contributed by atoms with Gasteiger partial charge in [0.25, 0.3) is 0 Å². The molecule has 0 bridgehead atoms. The van der Waals surface area contributed by atoms with Gasteiger partial charge in [-0.15, -0.1) is 11.3 Å². The topological polar surface area (TPSA) is 70.7 Å². The van der Waals surface area contributed by atoms with Crippen LogP contribution in [-0.2, 0) is 21.3 Å². The van der Waals surface area contributed by atoms with Gasteiger partial charge in [-0.1, -0.05) is 6.92 Å². The van der Waals surface area contributed by atoms with Crippen LogP contribution in [0.2, 0.25) is 0 Å². The van der Waals surface area contributed by atoms with Crippen LogP contribution in [0.5, 0.6) is 0 Å². The first kappa shape index (κ1) is 18.5. The molecule has 0 aliphatic heterocycles. The van der Waals surface area contributed by atoms with E-state index in [1.54, 1.807) is 11.4 Å². The molecule has 0 aromatic carbocycles. The van der Waals surface area contributed by atoms with Gasteiger partial charge in [-0.05, 0) is 26.7 Å². The van der Waals surface area contributed by atoms with E-state index >= 15 is 0 Å². The molecule has 0 amide bonds. The van der Waals surface area contributed by atoms with Crippen LogP contribution in [0, 0.1) is 0 Å². The molecule has 122 valence electrons. The van der Waals surface area contributed by atoms with E-state index in [1.165, 1.54) is 11.3 Å². The van der Waals surface area contributed by atoms with E-state index in [0.29, 0.717) is 24.7 Å². The van der Waals surface area contributed by atoms with E-state index in [9.17, 15) is 8.42 Å². The second-order valence-corrected chi connectivity index (χ2v) is 7.61. The highest BCUT2D eigenvalue weighted by atomic mass is 32.2. The number of hydrogen-bond acceptors (Lipinski definition) is 6. The molecule has 8 heteroatoms. The number of thiophene rings is 1. The lowest BCUT2D eigenvalue weighted by Crippen LogP contribution is -2.28. The Kier molecular flexibility index (Phi) is 8.38. The van der Waals surface area contributed by atoms with E-state index in [0.717, 1.165) is 18.0 Å². The van der Waals surface area contributed by atoms with Crippen LogP contribution in [-0.4, -0.2) is 60.3 Å². The van der Waals surface area contributed by atoms with Gasteiger partial charge in [0.05, 0.1) is 18.1 Å². The molecule has 1 rings (SSSR count). The molecule has 21 heavy (non-hydrogen) atoms. The summed E-state index contributed by atoms with van der Waals surface area (Å²) in [5.74, 6) is 0. The highest BCUT2D eigenvalue weighted by molar-refractivity contribution is 7.89. The molecule has 0 saturated heterocycles. The lowest BCUT2D eigenvalue weighted by atomic mass is 10.4. The maximum Gasteiger partial charge on any atom is 0.241 e. The molecule has 6 nitrogen and oxygen atoms in total. The zero-order chi connectivity index (χ0) is 15.7. The first-order chi connectivity index (χ1) is 9.95. The number of nitrogens with zero attached hydrogens (tertiary/aromatic N) is 1. The van der Waals surface area contributed by atoms with Crippen molar-refractivity contribution in [1.82, 2.24) is 14.9 Å². The van der Waals surface area contributed by atoms with E-state index in [2.05, 4.69) is 10.0 Å². The number of likely N-dealkylation sites (N-methyl/N-ethyl adjacent to an activating group) is 1. The van der Waals surface area contributed by atoms with Crippen LogP contribution in [0.4, 0.5) is 0 Å². The molecule has 0 unspecified atom stereocenters. The van der Waals surface area contributed by atoms with Gasteiger partial charge in [0.15, 0.2) is 0 Å². The first-order valence-corrected chi connectivity index (χ1v) is 9.32. The largest absolute Gasteiger partial charge is 0.379 e. The minimum atomic E-state index is -3.43. The lowest BCUT2D eigenvalue weighted by molar-refractivity contribution is 0.122. The fourth-order valence-electron chi connectivity index (χ4n) is 1.52. The van der Waals surface area contributed by atoms with Crippen LogP contribution in [0.3, 0.4) is 0 Å². The van der Waals surface area contributed by atoms with Crippen molar-refractivity contribution in [1.29, 1.82) is 0 Å². The predicted molar refractivity (Wildman–Crippen MR) is 86.3 cm³/mol. The minimum absolute atomic E-state index is 0.286. The predicted octanol–water partition coefficient (Wildman–Crippen LogP) is 0.714. The van der Waals surface area contributed by atoms with Crippen molar-refractivity contribution >= 4 is 21.4 Å². The third-order valence-corrected chi connectivity index (χ3v) is 5.24. The average molecular weight is 335 g/mol. The Labute approximate surface area is 131 Å². The number of hydrogen-bond donors (Lipinski definition) is 2. The van der Waals surface area contributed by atoms with Gasteiger partial charge in [-0.2, -0.15) is 0 Å². The number of nitrogens with one attached hydrogen (secondary N) is 2. The lowest BCUT2D eigenvalue weighted by Gasteiger charge is -2.10. The van der Waals surface area contributed by atoms with Crippen LogP contribution in [0.15, 0.2) is 16.3 Å². The fraction of sp³-hybridized carbons (Fsp3) is 0.692. The van der Waals surface area contributed by atoms with Gasteiger partial charge in [0.1, 0.15) is 0 Å². The van der Waals surface area contributed by atoms with Gasteiger partial charge >= 0.3 is 0 Å². The van der Waals surface area contributed by atoms with Crippen LogP contribution in [0.1, 0.15) is 11.8 Å². The normalized spacial score (nSPS) is 12.2. The van der Waals surface area contributed by atoms with Gasteiger partial charge in [-0.3, -0.25) is 0 Å². The maximum atomic E-state index is 12.1. The van der Waals surface area contributed by atoms with Gasteiger partial charge in [0.2, 0.25) is 10.0 Å². The van der Waals surface area contributed by atoms with Gasteiger partial charge in [-0.25, -0.2) is 13.1 Å². The molecule has 2 N–H and O–H groups in total. The quantitative estimate of drug-likeness (QED) is 0.583. The smallest absolute Gasteiger partial charge is 0.241 e. The summed E-state index contributed by atoms with van der Waals surface area (Å²) in [4.78, 5) is 3.36. The molecular weight excluding hydrogens is 310 g/mol. The summed E-state index contributed by atoms with van der Waals surface area (Å²) in [6, 6.07) is 1.71. The summed E-state index contributed by atoms with van der Waals surface area (Å²) in [7, 11) is 0.506. The zero-order valence-corrected chi connectivity index (χ0v) is 14.5. The van der Waals surface area contributed by atoms with E-state index in [-0.39, 0.29) is 6.54 Å². The SMILES string of the molecule is CCNCc1cc(S(=O)(=O)NCCOCCN(C)C)cs1. The molecule has 0 spiro atoms. The Balaban J connectivity index is 2.34. The van der Waals surface area contributed by atoms with Crippen molar-refractivity contribution in [2.75, 3.05) is 46.9 Å². The standard InChI is InChI=1S/C13H25N3O3S2/c1-4-14-10-12-9-13(11-20-12)21(17,18)15-5-7-19-8-6-16(2)3/h9,11,14-15H,4-8,10H2,1-3H3. The van der Waals surface area contributed by atoms with Crippen LogP contribution >= 0.6 is 11.3 Å². The molecule has 0 aliphatic carbocycles. The summed E-state index contributed by atoms with van der Waals surface area (Å²) >= 11 is 1.45. The number of rotatable bonds is 11. The van der Waals surface area contributed by atoms with Crippen LogP contribution in [0.25, 0.3) is 0 Å². The van der Waals surface area contributed by atoms with Crippen molar-refractivity contribution < 1.29 is 13.2 Å². The van der Waals surface area contributed by atoms with Crippen molar-refractivity contribution in [2.45, 2.75) is 18.4 Å². The van der Waals surface area contributed by atoms with E-state index < -0.39 is 10.0 Å². The summed E-state index contributed by atoms with van der Waals surface area (Å²) in [5.41, 5.74) is 0. The molecule has 1 aromatic rings. The van der Waals surface area contributed by atoms with Crippen LogP contribution < -0.4 is 10.0 Å². The molecule has 0 atom stereocenters. The molecule has 0 radical (unpaired) electrons. The summed E-state index contributed by atoms with van der Waals surface area (Å²) in [6.45, 7) is 5.66. The zero-order valence-electron chi connectivity index (χ0n) is 12.9. The molecular formula is C13H25N3O3S2. The number of sulfonamides is 1. The maximum absolute atomic E-state index is 12.1. The monoisotopic (exact) mass is 335 g/mol. The Bertz CT molecular complexity index is 501. The Hall–Kier alpha value is -0.510. The summed E-state index contributed by atoms with van der Waals surface area (Å²) < 4.78 is 32.1. The Morgan fingerprint density at radius 1 is 1.33 bits per heavy atom. The van der Waals surface area contributed by atoms with Gasteiger partial charge < -0.3 is 15.0 Å². The first-order valence-electron chi connectivity index (χ1n) is 6.96. The molecule has 0 fully saturated rings. The molecule has 0 saturated carbocycles. The van der Waals surface area contributed by atoms with Gasteiger partial charge in [0, 0.05) is 29.9 Å². The Morgan fingerprint density at radius 2 is 2.10 bits per heavy atom. The Morgan fingerprint density at radius 3 is 2.76 bits per heavy atom. The third kappa shape index (κ3) is 7.35. The average Bonchev–Trinajstić information content (AvgIpc) is 2.89. The van der Waals surface area contributed by atoms with E-state index in [1.807, 2.05) is 25.9 Å². The molecule has 1 aromatic heterocycles. The second kappa shape index (κ2) is 9.50. The minimum Gasteiger partial charge on any atom is -0.379 e. The van der Waals surface area contributed by atoms with E-state index in [4.69, 9.17) is 4.74 Å². The summed E-state index contributed by atoms with van der Waals surface area (Å²) in [5, 5.41) is 4.84. The third-order valence-electron chi connectivity index (χ3n) is 2.71. The van der Waals surface area contributed by atoms with Crippen molar-refractivity contribution in [3.8, 4) is 0 Å². The van der Waals surface area contributed by atoms with Crippen molar-refractivity contribution in [2.24, 2.45) is 0 Å². The highest BCUT2D eigenvalue weighted by Crippen LogP contribution is 2.18. The number of ether oxygens (including phenoxy) is 1.